The zero-order valence-corrected chi connectivity index (χ0v) is 17.8. The van der Waals surface area contributed by atoms with Crippen molar-refractivity contribution < 1.29 is 0 Å². The van der Waals surface area contributed by atoms with Gasteiger partial charge in [0.1, 0.15) is 5.82 Å². The number of hydrogen-bond acceptors (Lipinski definition) is 5. The highest BCUT2D eigenvalue weighted by atomic mass is 15.3. The Morgan fingerprint density at radius 3 is 2.66 bits per heavy atom. The van der Waals surface area contributed by atoms with Gasteiger partial charge in [-0.2, -0.15) is 5.10 Å². The van der Waals surface area contributed by atoms with Crippen LogP contribution in [-0.2, 0) is 6.54 Å². The third-order valence-electron chi connectivity index (χ3n) is 5.75. The number of nitrogens with one attached hydrogen (secondary N) is 1. The Labute approximate surface area is 173 Å². The summed E-state index contributed by atoms with van der Waals surface area (Å²) in [6.07, 6.45) is 6.05. The van der Waals surface area contributed by atoms with Crippen molar-refractivity contribution in [3.63, 3.8) is 0 Å². The molecule has 1 aliphatic heterocycles. The van der Waals surface area contributed by atoms with Gasteiger partial charge in [-0.05, 0) is 71.3 Å². The van der Waals surface area contributed by atoms with Crippen molar-refractivity contribution in [3.05, 3.63) is 65.4 Å². The number of aryl methyl sites for hydroxylation is 1. The van der Waals surface area contributed by atoms with Gasteiger partial charge in [0, 0.05) is 30.0 Å². The molecule has 29 heavy (non-hydrogen) atoms. The zero-order valence-electron chi connectivity index (χ0n) is 17.8. The van der Waals surface area contributed by atoms with Crippen molar-refractivity contribution >= 4 is 11.5 Å². The van der Waals surface area contributed by atoms with Crippen LogP contribution >= 0.6 is 0 Å². The van der Waals surface area contributed by atoms with E-state index >= 15 is 0 Å². The molecule has 1 N–H and O–H groups in total. The number of anilines is 2. The predicted molar refractivity (Wildman–Crippen MR) is 116 cm³/mol. The van der Waals surface area contributed by atoms with Gasteiger partial charge in [-0.15, -0.1) is 0 Å². The second-order valence-electron chi connectivity index (χ2n) is 8.13. The Hall–Kier alpha value is -2.73. The lowest BCUT2D eigenvalue weighted by Crippen LogP contribution is -2.24. The number of aromatic nitrogens is 4. The topological polar surface area (TPSA) is 58.9 Å². The minimum Gasteiger partial charge on any atom is -0.339 e. The molecule has 1 atom stereocenters. The highest BCUT2D eigenvalue weighted by Gasteiger charge is 2.28. The van der Waals surface area contributed by atoms with Crippen LogP contribution in [0.4, 0.5) is 11.5 Å². The first-order valence-corrected chi connectivity index (χ1v) is 10.5. The Morgan fingerprint density at radius 1 is 1.14 bits per heavy atom. The molecule has 0 aliphatic carbocycles. The van der Waals surface area contributed by atoms with E-state index in [0.29, 0.717) is 12.1 Å². The van der Waals surface area contributed by atoms with Crippen molar-refractivity contribution in [2.75, 3.05) is 11.9 Å². The summed E-state index contributed by atoms with van der Waals surface area (Å²) in [7, 11) is 0. The molecule has 4 heterocycles. The average molecular weight is 391 g/mol. The SMILES string of the molecule is Cc1nn(C(C)C)c(C)c1CN1CCCC1c1ccc(Nc2ccccn2)cn1. The van der Waals surface area contributed by atoms with Crippen LogP contribution in [-0.4, -0.2) is 31.2 Å². The fraction of sp³-hybridized carbons (Fsp3) is 0.435. The summed E-state index contributed by atoms with van der Waals surface area (Å²) in [4.78, 5) is 11.6. The maximum absolute atomic E-state index is 4.77. The van der Waals surface area contributed by atoms with Crippen molar-refractivity contribution in [2.45, 2.75) is 59.2 Å². The number of pyridine rings is 2. The minimum absolute atomic E-state index is 0.361. The number of nitrogens with zero attached hydrogens (tertiary/aromatic N) is 5. The lowest BCUT2D eigenvalue weighted by molar-refractivity contribution is 0.243. The van der Waals surface area contributed by atoms with Crippen molar-refractivity contribution in [1.29, 1.82) is 0 Å². The van der Waals surface area contributed by atoms with E-state index in [0.717, 1.165) is 42.4 Å². The Kier molecular flexibility index (Phi) is 5.62. The van der Waals surface area contributed by atoms with Crippen molar-refractivity contribution in [3.8, 4) is 0 Å². The average Bonchev–Trinajstić information content (AvgIpc) is 3.29. The molecule has 3 aromatic heterocycles. The Balaban J connectivity index is 1.49. The summed E-state index contributed by atoms with van der Waals surface area (Å²) in [6.45, 7) is 10.7. The molecule has 0 radical (unpaired) electrons. The molecule has 4 rings (SSSR count). The van der Waals surface area contributed by atoms with Gasteiger partial charge in [-0.3, -0.25) is 14.6 Å². The molecule has 0 aromatic carbocycles. The highest BCUT2D eigenvalue weighted by Crippen LogP contribution is 2.33. The summed E-state index contributed by atoms with van der Waals surface area (Å²) in [5.74, 6) is 0.831. The van der Waals surface area contributed by atoms with Gasteiger partial charge in [-0.25, -0.2) is 4.98 Å². The molecular formula is C23H30N6. The first-order valence-electron chi connectivity index (χ1n) is 10.5. The molecule has 0 saturated carbocycles. The van der Waals surface area contributed by atoms with Gasteiger partial charge in [0.15, 0.2) is 0 Å². The van der Waals surface area contributed by atoms with E-state index in [1.165, 1.54) is 17.7 Å². The van der Waals surface area contributed by atoms with Crippen LogP contribution in [0.1, 0.15) is 61.4 Å². The molecule has 1 aliphatic rings. The number of hydrogen-bond donors (Lipinski definition) is 1. The largest absolute Gasteiger partial charge is 0.339 e. The quantitative estimate of drug-likeness (QED) is 0.645. The van der Waals surface area contributed by atoms with Gasteiger partial charge in [0.2, 0.25) is 0 Å². The lowest BCUT2D eigenvalue weighted by atomic mass is 10.1. The highest BCUT2D eigenvalue weighted by molar-refractivity contribution is 5.54. The van der Waals surface area contributed by atoms with Crippen LogP contribution in [0.25, 0.3) is 0 Å². The molecule has 152 valence electrons. The fourth-order valence-corrected chi connectivity index (χ4v) is 4.24. The van der Waals surface area contributed by atoms with Crippen molar-refractivity contribution in [2.24, 2.45) is 0 Å². The standard InChI is InChI=1S/C23H30N6/c1-16(2)29-18(4)20(17(3)27-29)15-28-13-7-8-22(28)21-11-10-19(14-25-21)26-23-9-5-6-12-24-23/h5-6,9-12,14,16,22H,7-8,13,15H2,1-4H3,(H,24,26). The molecule has 3 aromatic rings. The van der Waals surface area contributed by atoms with Gasteiger partial charge in [-0.1, -0.05) is 6.07 Å². The third-order valence-corrected chi connectivity index (χ3v) is 5.75. The first-order chi connectivity index (χ1) is 14.0. The summed E-state index contributed by atoms with van der Waals surface area (Å²) in [5, 5.41) is 8.06. The van der Waals surface area contributed by atoms with E-state index in [1.54, 1.807) is 6.20 Å². The summed E-state index contributed by atoms with van der Waals surface area (Å²) >= 11 is 0. The third kappa shape index (κ3) is 4.17. The van der Waals surface area contributed by atoms with E-state index in [9.17, 15) is 0 Å². The summed E-state index contributed by atoms with van der Waals surface area (Å²) < 4.78 is 2.14. The van der Waals surface area contributed by atoms with Crippen LogP contribution < -0.4 is 5.32 Å². The Bertz CT molecular complexity index is 946. The summed E-state index contributed by atoms with van der Waals surface area (Å²) in [5.41, 5.74) is 5.89. The second kappa shape index (κ2) is 8.33. The minimum atomic E-state index is 0.361. The van der Waals surface area contributed by atoms with E-state index in [1.807, 2.05) is 24.4 Å². The van der Waals surface area contributed by atoms with E-state index in [2.05, 4.69) is 59.7 Å². The fourth-order valence-electron chi connectivity index (χ4n) is 4.24. The monoisotopic (exact) mass is 390 g/mol. The van der Waals surface area contributed by atoms with Crippen LogP contribution in [0.2, 0.25) is 0 Å². The molecule has 0 bridgehead atoms. The predicted octanol–water partition coefficient (Wildman–Crippen LogP) is 4.95. The van der Waals surface area contributed by atoms with E-state index in [-0.39, 0.29) is 0 Å². The molecule has 1 unspecified atom stereocenters. The normalized spacial score (nSPS) is 17.2. The Morgan fingerprint density at radius 2 is 2.00 bits per heavy atom. The number of likely N-dealkylation sites (tertiary alicyclic amines) is 1. The maximum atomic E-state index is 4.77. The van der Waals surface area contributed by atoms with Gasteiger partial charge in [0.25, 0.3) is 0 Å². The van der Waals surface area contributed by atoms with E-state index < -0.39 is 0 Å². The zero-order chi connectivity index (χ0) is 20.4. The molecule has 1 fully saturated rings. The molecule has 0 spiro atoms. The lowest BCUT2D eigenvalue weighted by Gasteiger charge is -2.24. The number of rotatable bonds is 6. The van der Waals surface area contributed by atoms with Crippen molar-refractivity contribution in [1.82, 2.24) is 24.6 Å². The molecular weight excluding hydrogens is 360 g/mol. The van der Waals surface area contributed by atoms with Gasteiger partial charge >= 0.3 is 0 Å². The maximum Gasteiger partial charge on any atom is 0.130 e. The van der Waals surface area contributed by atoms with Crippen LogP contribution in [0.5, 0.6) is 0 Å². The van der Waals surface area contributed by atoms with Crippen LogP contribution in [0.3, 0.4) is 0 Å². The summed E-state index contributed by atoms with van der Waals surface area (Å²) in [6, 6.07) is 10.8. The second-order valence-corrected chi connectivity index (χ2v) is 8.13. The first kappa shape index (κ1) is 19.6. The smallest absolute Gasteiger partial charge is 0.130 e. The molecule has 1 saturated heterocycles. The molecule has 6 nitrogen and oxygen atoms in total. The van der Waals surface area contributed by atoms with Crippen LogP contribution in [0.15, 0.2) is 42.7 Å². The van der Waals surface area contributed by atoms with Gasteiger partial charge in [0.05, 0.1) is 29.3 Å². The van der Waals surface area contributed by atoms with Crippen LogP contribution in [0, 0.1) is 13.8 Å². The van der Waals surface area contributed by atoms with Gasteiger partial charge < -0.3 is 5.32 Å². The molecule has 0 amide bonds. The molecule has 6 heteroatoms. The van der Waals surface area contributed by atoms with E-state index in [4.69, 9.17) is 10.1 Å².